The van der Waals surface area contributed by atoms with Gasteiger partial charge in [0.15, 0.2) is 0 Å². The minimum absolute atomic E-state index is 0.0527. The lowest BCUT2D eigenvalue weighted by Crippen LogP contribution is -2.24. The van der Waals surface area contributed by atoms with Crippen LogP contribution in [0.2, 0.25) is 0 Å². The third-order valence-electron chi connectivity index (χ3n) is 2.66. The molecule has 0 aliphatic rings. The van der Waals surface area contributed by atoms with Crippen LogP contribution in [0.25, 0.3) is 0 Å². The number of aliphatic hydroxyl groups excluding tert-OH is 1. The van der Waals surface area contributed by atoms with Gasteiger partial charge < -0.3 is 9.84 Å². The fraction of sp³-hybridized carbons (Fsp3) is 0.308. The van der Waals surface area contributed by atoms with Crippen LogP contribution in [0.15, 0.2) is 30.6 Å². The average Bonchev–Trinajstić information content (AvgIpc) is 2.92. The van der Waals surface area contributed by atoms with E-state index in [0.29, 0.717) is 0 Å². The Hall–Kier alpha value is -2.60. The standard InChI is InChI=1S/C13H11F3N4O2/c14-13(15,16)10-3-1-2-4-11(10)22-7-9(21)6-20-8-18-12(5-17)19-20/h1-4,8-9,21H,6-7H2. The van der Waals surface area contributed by atoms with Crippen molar-refractivity contribution in [1.82, 2.24) is 14.8 Å². The van der Waals surface area contributed by atoms with E-state index in [1.54, 1.807) is 6.07 Å². The number of hydrogen-bond donors (Lipinski definition) is 1. The quantitative estimate of drug-likeness (QED) is 0.906. The molecular formula is C13H11F3N4O2. The molecule has 0 fully saturated rings. The van der Waals surface area contributed by atoms with Crippen molar-refractivity contribution in [3.8, 4) is 11.8 Å². The van der Waals surface area contributed by atoms with E-state index in [0.717, 1.165) is 6.07 Å². The molecule has 0 amide bonds. The third-order valence-corrected chi connectivity index (χ3v) is 2.66. The molecule has 0 bridgehead atoms. The number of aliphatic hydroxyl groups is 1. The Balaban J connectivity index is 1.97. The lowest BCUT2D eigenvalue weighted by molar-refractivity contribution is -0.139. The van der Waals surface area contributed by atoms with Crippen LogP contribution in [-0.2, 0) is 12.7 Å². The Morgan fingerprint density at radius 1 is 1.36 bits per heavy atom. The molecule has 6 nitrogen and oxygen atoms in total. The predicted molar refractivity (Wildman–Crippen MR) is 67.7 cm³/mol. The highest BCUT2D eigenvalue weighted by molar-refractivity contribution is 5.35. The van der Waals surface area contributed by atoms with E-state index in [2.05, 4.69) is 10.1 Å². The summed E-state index contributed by atoms with van der Waals surface area (Å²) in [6.45, 7) is -0.405. The van der Waals surface area contributed by atoms with Gasteiger partial charge in [-0.2, -0.15) is 18.4 Å². The summed E-state index contributed by atoms with van der Waals surface area (Å²) in [6, 6.07) is 6.47. The monoisotopic (exact) mass is 312 g/mol. The van der Waals surface area contributed by atoms with E-state index in [9.17, 15) is 18.3 Å². The van der Waals surface area contributed by atoms with Crippen LogP contribution in [0, 0.1) is 11.3 Å². The Morgan fingerprint density at radius 3 is 2.73 bits per heavy atom. The maximum absolute atomic E-state index is 12.8. The van der Waals surface area contributed by atoms with E-state index in [4.69, 9.17) is 10.00 Å². The van der Waals surface area contributed by atoms with Crippen LogP contribution in [0.4, 0.5) is 13.2 Å². The van der Waals surface area contributed by atoms with Crippen molar-refractivity contribution >= 4 is 0 Å². The highest BCUT2D eigenvalue weighted by Gasteiger charge is 2.34. The first-order valence-corrected chi connectivity index (χ1v) is 6.17. The minimum Gasteiger partial charge on any atom is -0.490 e. The number of nitriles is 1. The Kier molecular flexibility index (Phi) is 4.62. The van der Waals surface area contributed by atoms with Gasteiger partial charge in [0.05, 0.1) is 12.1 Å². The van der Waals surface area contributed by atoms with E-state index in [1.807, 2.05) is 0 Å². The number of hydrogen-bond acceptors (Lipinski definition) is 5. The number of halogens is 3. The molecule has 2 rings (SSSR count). The number of nitrogens with zero attached hydrogens (tertiary/aromatic N) is 4. The maximum atomic E-state index is 12.8. The van der Waals surface area contributed by atoms with Crippen LogP contribution in [0.3, 0.4) is 0 Å². The highest BCUT2D eigenvalue weighted by atomic mass is 19.4. The van der Waals surface area contributed by atoms with Gasteiger partial charge in [-0.1, -0.05) is 12.1 Å². The van der Waals surface area contributed by atoms with E-state index >= 15 is 0 Å². The molecule has 1 aromatic carbocycles. The second kappa shape index (κ2) is 6.44. The van der Waals surface area contributed by atoms with Gasteiger partial charge in [-0.05, 0) is 12.1 Å². The van der Waals surface area contributed by atoms with Gasteiger partial charge in [-0.3, -0.25) is 0 Å². The van der Waals surface area contributed by atoms with E-state index < -0.39 is 17.8 Å². The Labute approximate surface area is 123 Å². The molecule has 1 N–H and O–H groups in total. The van der Waals surface area contributed by atoms with Crippen molar-refractivity contribution in [2.45, 2.75) is 18.8 Å². The predicted octanol–water partition coefficient (Wildman–Crippen LogP) is 1.61. The van der Waals surface area contributed by atoms with Gasteiger partial charge in [-0.15, -0.1) is 5.10 Å². The molecule has 9 heteroatoms. The lowest BCUT2D eigenvalue weighted by Gasteiger charge is -2.16. The molecule has 0 radical (unpaired) electrons. The number of alkyl halides is 3. The fourth-order valence-electron chi connectivity index (χ4n) is 1.72. The molecule has 0 aliphatic heterocycles. The van der Waals surface area contributed by atoms with Gasteiger partial charge in [0, 0.05) is 0 Å². The molecule has 0 aliphatic carbocycles. The average molecular weight is 312 g/mol. The SMILES string of the molecule is N#Cc1ncn(CC(O)COc2ccccc2C(F)(F)F)n1. The molecule has 22 heavy (non-hydrogen) atoms. The normalized spacial score (nSPS) is 12.7. The molecular weight excluding hydrogens is 301 g/mol. The van der Waals surface area contributed by atoms with Crippen LogP contribution < -0.4 is 4.74 Å². The van der Waals surface area contributed by atoms with E-state index in [1.165, 1.54) is 29.2 Å². The molecule has 0 spiro atoms. The van der Waals surface area contributed by atoms with Crippen molar-refractivity contribution < 1.29 is 23.0 Å². The summed E-state index contributed by atoms with van der Waals surface area (Å²) < 4.78 is 44.5. The molecule has 0 saturated heterocycles. The molecule has 1 unspecified atom stereocenters. The smallest absolute Gasteiger partial charge is 0.419 e. The second-order valence-corrected chi connectivity index (χ2v) is 4.36. The number of benzene rings is 1. The first-order chi connectivity index (χ1) is 10.4. The van der Waals surface area contributed by atoms with Crippen molar-refractivity contribution in [3.05, 3.63) is 42.0 Å². The first-order valence-electron chi connectivity index (χ1n) is 6.17. The van der Waals surface area contributed by atoms with Crippen molar-refractivity contribution in [3.63, 3.8) is 0 Å². The molecule has 116 valence electrons. The van der Waals surface area contributed by atoms with Crippen molar-refractivity contribution in [2.75, 3.05) is 6.61 Å². The zero-order valence-corrected chi connectivity index (χ0v) is 11.2. The number of aromatic nitrogens is 3. The summed E-state index contributed by atoms with van der Waals surface area (Å²) >= 11 is 0. The van der Waals surface area contributed by atoms with Gasteiger partial charge in [0.1, 0.15) is 30.9 Å². The Bertz CT molecular complexity index is 678. The fourth-order valence-corrected chi connectivity index (χ4v) is 1.72. The maximum Gasteiger partial charge on any atom is 0.419 e. The summed E-state index contributed by atoms with van der Waals surface area (Å²) in [4.78, 5) is 3.64. The zero-order valence-electron chi connectivity index (χ0n) is 11.2. The second-order valence-electron chi connectivity index (χ2n) is 4.36. The van der Waals surface area contributed by atoms with Gasteiger partial charge in [-0.25, -0.2) is 9.67 Å². The summed E-state index contributed by atoms with van der Waals surface area (Å²) in [6.07, 6.45) is -4.39. The van der Waals surface area contributed by atoms with Crippen LogP contribution in [-0.4, -0.2) is 32.6 Å². The molecule has 1 atom stereocenters. The van der Waals surface area contributed by atoms with Crippen LogP contribution in [0.1, 0.15) is 11.4 Å². The van der Waals surface area contributed by atoms with Crippen LogP contribution in [0.5, 0.6) is 5.75 Å². The number of para-hydroxylation sites is 1. The van der Waals surface area contributed by atoms with Crippen LogP contribution >= 0.6 is 0 Å². The van der Waals surface area contributed by atoms with E-state index in [-0.39, 0.29) is 24.7 Å². The lowest BCUT2D eigenvalue weighted by atomic mass is 10.2. The Morgan fingerprint density at radius 2 is 2.09 bits per heavy atom. The summed E-state index contributed by atoms with van der Waals surface area (Å²) in [7, 11) is 0. The van der Waals surface area contributed by atoms with Crippen molar-refractivity contribution in [1.29, 1.82) is 5.26 Å². The number of ether oxygens (including phenoxy) is 1. The molecule has 2 aromatic rings. The molecule has 1 aromatic heterocycles. The third kappa shape index (κ3) is 3.95. The zero-order chi connectivity index (χ0) is 16.2. The van der Waals surface area contributed by atoms with Gasteiger partial charge in [0.25, 0.3) is 5.82 Å². The topological polar surface area (TPSA) is 84.0 Å². The van der Waals surface area contributed by atoms with Gasteiger partial charge in [0.2, 0.25) is 0 Å². The minimum atomic E-state index is -4.53. The molecule has 1 heterocycles. The summed E-state index contributed by atoms with van der Waals surface area (Å²) in [5.74, 6) is -0.416. The largest absolute Gasteiger partial charge is 0.490 e. The summed E-state index contributed by atoms with van der Waals surface area (Å²) in [5.41, 5.74) is -0.908. The van der Waals surface area contributed by atoms with Gasteiger partial charge >= 0.3 is 6.18 Å². The number of rotatable bonds is 5. The first kappa shape index (κ1) is 15.8. The molecule has 0 saturated carbocycles. The summed E-state index contributed by atoms with van der Waals surface area (Å²) in [5, 5.41) is 22.1. The highest BCUT2D eigenvalue weighted by Crippen LogP contribution is 2.35. The van der Waals surface area contributed by atoms with Crippen molar-refractivity contribution in [2.24, 2.45) is 0 Å².